The maximum atomic E-state index is 12.5. The van der Waals surface area contributed by atoms with E-state index in [1.54, 1.807) is 6.92 Å². The van der Waals surface area contributed by atoms with Crippen molar-refractivity contribution in [2.45, 2.75) is 13.1 Å². The number of aryl methyl sites for hydroxylation is 1. The molecule has 116 valence electrons. The van der Waals surface area contributed by atoms with Crippen LogP contribution >= 0.6 is 0 Å². The maximum absolute atomic E-state index is 12.5. The molecule has 0 bridgehead atoms. The van der Waals surface area contributed by atoms with Crippen LogP contribution in [0.5, 0.6) is 11.5 Å². The number of rotatable bonds is 2. The van der Waals surface area contributed by atoms with Gasteiger partial charge >= 0.3 is 6.18 Å². The molecule has 1 aromatic carbocycles. The van der Waals surface area contributed by atoms with Gasteiger partial charge in [0, 0.05) is 6.92 Å². The quantitative estimate of drug-likeness (QED) is 0.707. The van der Waals surface area contributed by atoms with Crippen LogP contribution in [0.3, 0.4) is 0 Å². The van der Waals surface area contributed by atoms with Gasteiger partial charge in [-0.25, -0.2) is 9.97 Å². The molecule has 0 spiro atoms. The second-order valence-electron chi connectivity index (χ2n) is 4.61. The number of hydrogen-bond donors (Lipinski definition) is 0. The fraction of sp³-hybridized carbons (Fsp3) is 0.133. The van der Waals surface area contributed by atoms with E-state index in [-0.39, 0.29) is 17.1 Å². The van der Waals surface area contributed by atoms with Gasteiger partial charge in [-0.1, -0.05) is 0 Å². The maximum Gasteiger partial charge on any atom is 0.433 e. The minimum absolute atomic E-state index is 0.115. The molecular weight excluding hydrogens is 311 g/mol. The molecule has 0 N–H and O–H groups in total. The second-order valence-corrected chi connectivity index (χ2v) is 4.61. The van der Waals surface area contributed by atoms with Gasteiger partial charge in [0.1, 0.15) is 17.5 Å². The van der Waals surface area contributed by atoms with Crippen LogP contribution in [-0.2, 0) is 6.18 Å². The van der Waals surface area contributed by atoms with Gasteiger partial charge in [-0.3, -0.25) is 0 Å². The van der Waals surface area contributed by atoms with Crippen LogP contribution in [0.1, 0.15) is 17.1 Å². The van der Waals surface area contributed by atoms with Crippen LogP contribution in [0.4, 0.5) is 13.2 Å². The Hall–Kier alpha value is -3.08. The summed E-state index contributed by atoms with van der Waals surface area (Å²) in [6, 6.07) is 6.94. The number of oxazole rings is 1. The Morgan fingerprint density at radius 2 is 2.00 bits per heavy atom. The highest BCUT2D eigenvalue weighted by molar-refractivity contribution is 5.85. The summed E-state index contributed by atoms with van der Waals surface area (Å²) in [6.07, 6.45) is -3.54. The Morgan fingerprint density at radius 3 is 2.61 bits per heavy atom. The molecule has 0 saturated carbocycles. The zero-order valence-corrected chi connectivity index (χ0v) is 11.7. The molecule has 0 radical (unpaired) electrons. The van der Waals surface area contributed by atoms with Crippen molar-refractivity contribution >= 4 is 11.1 Å². The molecule has 2 aromatic heterocycles. The smallest absolute Gasteiger partial charge is 0.433 e. The molecule has 0 aliphatic rings. The summed E-state index contributed by atoms with van der Waals surface area (Å²) >= 11 is 0. The van der Waals surface area contributed by atoms with E-state index in [0.717, 1.165) is 18.3 Å². The lowest BCUT2D eigenvalue weighted by Crippen LogP contribution is -2.07. The molecule has 3 aromatic rings. The number of pyridine rings is 1. The third-order valence-corrected chi connectivity index (χ3v) is 2.99. The molecule has 0 amide bonds. The van der Waals surface area contributed by atoms with E-state index in [9.17, 15) is 13.2 Å². The normalized spacial score (nSPS) is 11.4. The number of halogens is 3. The fourth-order valence-corrected chi connectivity index (χ4v) is 2.00. The van der Waals surface area contributed by atoms with Crippen LogP contribution < -0.4 is 4.74 Å². The van der Waals surface area contributed by atoms with Gasteiger partial charge in [0.05, 0.1) is 11.8 Å². The van der Waals surface area contributed by atoms with E-state index in [0.29, 0.717) is 17.0 Å². The van der Waals surface area contributed by atoms with Crippen molar-refractivity contribution in [2.24, 2.45) is 0 Å². The Morgan fingerprint density at radius 1 is 1.22 bits per heavy atom. The van der Waals surface area contributed by atoms with Crippen molar-refractivity contribution in [1.29, 1.82) is 5.26 Å². The van der Waals surface area contributed by atoms with Crippen molar-refractivity contribution in [3.05, 3.63) is 47.6 Å². The zero-order valence-electron chi connectivity index (χ0n) is 11.7. The lowest BCUT2D eigenvalue weighted by molar-refractivity contribution is -0.141. The summed E-state index contributed by atoms with van der Waals surface area (Å²) in [5.41, 5.74) is -0.130. The fourth-order valence-electron chi connectivity index (χ4n) is 2.00. The van der Waals surface area contributed by atoms with E-state index in [1.807, 2.05) is 6.07 Å². The summed E-state index contributed by atoms with van der Waals surface area (Å²) in [5, 5.41) is 9.04. The minimum atomic E-state index is -4.51. The summed E-state index contributed by atoms with van der Waals surface area (Å²) < 4.78 is 48.3. The molecule has 0 aliphatic carbocycles. The number of benzene rings is 1. The lowest BCUT2D eigenvalue weighted by Gasteiger charge is -2.08. The Labute approximate surface area is 128 Å². The number of alkyl halides is 3. The van der Waals surface area contributed by atoms with E-state index >= 15 is 0 Å². The molecule has 0 aliphatic heterocycles. The van der Waals surface area contributed by atoms with Crippen molar-refractivity contribution in [2.75, 3.05) is 0 Å². The molecular formula is C15H8F3N3O2. The first kappa shape index (κ1) is 14.8. The van der Waals surface area contributed by atoms with Gasteiger partial charge in [-0.05, 0) is 24.3 Å². The molecule has 0 atom stereocenters. The Balaban J connectivity index is 1.98. The third kappa shape index (κ3) is 2.81. The molecule has 5 nitrogen and oxygen atoms in total. The largest absolute Gasteiger partial charge is 0.453 e. The zero-order chi connectivity index (χ0) is 16.6. The number of fused-ring (bicyclic) bond motifs is 1. The molecule has 8 heteroatoms. The van der Waals surface area contributed by atoms with Crippen LogP contribution in [0.25, 0.3) is 11.1 Å². The van der Waals surface area contributed by atoms with Gasteiger partial charge in [0.15, 0.2) is 22.7 Å². The monoisotopic (exact) mass is 319 g/mol. The third-order valence-electron chi connectivity index (χ3n) is 2.99. The Bertz CT molecular complexity index is 909. The summed E-state index contributed by atoms with van der Waals surface area (Å²) in [6.45, 7) is 1.62. The van der Waals surface area contributed by atoms with Crippen molar-refractivity contribution in [3.8, 4) is 17.6 Å². The van der Waals surface area contributed by atoms with Crippen LogP contribution in [0.15, 0.2) is 34.9 Å². The number of nitrogens with zero attached hydrogens (tertiary/aromatic N) is 3. The first-order valence-electron chi connectivity index (χ1n) is 6.40. The van der Waals surface area contributed by atoms with E-state index in [4.69, 9.17) is 14.4 Å². The molecule has 3 rings (SSSR count). The average Bonchev–Trinajstić information content (AvgIpc) is 2.89. The number of ether oxygens (including phenoxy) is 1. The van der Waals surface area contributed by atoms with E-state index in [2.05, 4.69) is 9.97 Å². The van der Waals surface area contributed by atoms with Crippen LogP contribution in [0, 0.1) is 18.3 Å². The molecule has 0 saturated heterocycles. The highest BCUT2D eigenvalue weighted by Crippen LogP contribution is 2.33. The molecule has 0 unspecified atom stereocenters. The topological polar surface area (TPSA) is 71.9 Å². The summed E-state index contributed by atoms with van der Waals surface area (Å²) in [7, 11) is 0. The standard InChI is InChI=1S/C15H8F3N3O2/c1-8-21-13-11(4-2-9(6-19)14(13)22-8)23-10-3-5-12(20-7-10)15(16,17)18/h2-5,7H,1H3. The van der Waals surface area contributed by atoms with Gasteiger partial charge < -0.3 is 9.15 Å². The average molecular weight is 319 g/mol. The summed E-state index contributed by atoms with van der Waals surface area (Å²) in [5.74, 6) is 0.722. The molecule has 23 heavy (non-hydrogen) atoms. The van der Waals surface area contributed by atoms with Crippen LogP contribution in [0.2, 0.25) is 0 Å². The number of hydrogen-bond acceptors (Lipinski definition) is 5. The van der Waals surface area contributed by atoms with Gasteiger partial charge in [0.2, 0.25) is 0 Å². The SMILES string of the molecule is Cc1nc2c(Oc3ccc(C(F)(F)F)nc3)ccc(C#N)c2o1. The number of aromatic nitrogens is 2. The summed E-state index contributed by atoms with van der Waals surface area (Å²) in [4.78, 5) is 7.45. The van der Waals surface area contributed by atoms with Crippen molar-refractivity contribution in [3.63, 3.8) is 0 Å². The van der Waals surface area contributed by atoms with Crippen molar-refractivity contribution in [1.82, 2.24) is 9.97 Å². The van der Waals surface area contributed by atoms with E-state index < -0.39 is 11.9 Å². The molecule has 0 fully saturated rings. The highest BCUT2D eigenvalue weighted by atomic mass is 19.4. The van der Waals surface area contributed by atoms with Crippen LogP contribution in [-0.4, -0.2) is 9.97 Å². The first-order chi connectivity index (χ1) is 10.9. The second kappa shape index (κ2) is 5.28. The Kier molecular flexibility index (Phi) is 3.41. The number of nitriles is 1. The first-order valence-corrected chi connectivity index (χ1v) is 6.40. The predicted octanol–water partition coefficient (Wildman–Crippen LogP) is 4.21. The van der Waals surface area contributed by atoms with Gasteiger partial charge in [-0.2, -0.15) is 18.4 Å². The predicted molar refractivity (Wildman–Crippen MR) is 72.8 cm³/mol. The highest BCUT2D eigenvalue weighted by Gasteiger charge is 2.32. The minimum Gasteiger partial charge on any atom is -0.453 e. The van der Waals surface area contributed by atoms with Gasteiger partial charge in [-0.15, -0.1) is 0 Å². The lowest BCUT2D eigenvalue weighted by atomic mass is 10.2. The molecule has 2 heterocycles. The van der Waals surface area contributed by atoms with E-state index in [1.165, 1.54) is 12.1 Å². The van der Waals surface area contributed by atoms with Crippen molar-refractivity contribution < 1.29 is 22.3 Å². The van der Waals surface area contributed by atoms with Gasteiger partial charge in [0.25, 0.3) is 0 Å².